The van der Waals surface area contributed by atoms with Crippen LogP contribution in [0.4, 0.5) is 0 Å². The molecule has 1 saturated carbocycles. The fourth-order valence-corrected chi connectivity index (χ4v) is 1.85. The fourth-order valence-electron chi connectivity index (χ4n) is 1.85. The maximum absolute atomic E-state index is 11.0. The summed E-state index contributed by atoms with van der Waals surface area (Å²) < 4.78 is 5.83. The van der Waals surface area contributed by atoms with Crippen molar-refractivity contribution in [3.05, 3.63) is 0 Å². The zero-order chi connectivity index (χ0) is 9.68. The second-order valence-corrected chi connectivity index (χ2v) is 3.97. The van der Waals surface area contributed by atoms with Crippen molar-refractivity contribution >= 4 is 5.78 Å². The molecule has 1 unspecified atom stereocenters. The molecule has 0 N–H and O–H groups in total. The van der Waals surface area contributed by atoms with Gasteiger partial charge < -0.3 is 4.74 Å². The Kier molecular flexibility index (Phi) is 4.43. The van der Waals surface area contributed by atoms with Crippen LogP contribution < -0.4 is 0 Å². The van der Waals surface area contributed by atoms with Crippen LogP contribution >= 0.6 is 0 Å². The molecule has 13 heavy (non-hydrogen) atoms. The van der Waals surface area contributed by atoms with Gasteiger partial charge in [-0.2, -0.15) is 0 Å². The van der Waals surface area contributed by atoms with Crippen LogP contribution in [0.2, 0.25) is 0 Å². The Hall–Kier alpha value is -0.370. The molecule has 76 valence electrons. The van der Waals surface area contributed by atoms with Gasteiger partial charge in [-0.3, -0.25) is 4.79 Å². The van der Waals surface area contributed by atoms with Gasteiger partial charge in [0.2, 0.25) is 0 Å². The first-order chi connectivity index (χ1) is 6.22. The van der Waals surface area contributed by atoms with Crippen molar-refractivity contribution in [3.8, 4) is 0 Å². The highest BCUT2D eigenvalue weighted by molar-refractivity contribution is 5.79. The first-order valence-corrected chi connectivity index (χ1v) is 5.39. The second kappa shape index (κ2) is 5.38. The first-order valence-electron chi connectivity index (χ1n) is 5.39. The van der Waals surface area contributed by atoms with E-state index in [9.17, 15) is 4.79 Å². The highest BCUT2D eigenvalue weighted by atomic mass is 16.5. The summed E-state index contributed by atoms with van der Waals surface area (Å²) in [4.78, 5) is 11.0. The average Bonchev–Trinajstić information content (AvgIpc) is 2.09. The summed E-state index contributed by atoms with van der Waals surface area (Å²) in [6, 6.07) is 0. The molecule has 0 spiro atoms. The standard InChI is InChI=1S/C11H20O2/c1-3-4-9(2)13-11-7-5-10(12)6-8-11/h9,11H,3-8H2,1-2H3. The Morgan fingerprint density at radius 2 is 2.08 bits per heavy atom. The molecule has 0 aliphatic heterocycles. The zero-order valence-corrected chi connectivity index (χ0v) is 8.71. The minimum Gasteiger partial charge on any atom is -0.375 e. The minimum atomic E-state index is 0.347. The molecule has 0 amide bonds. The highest BCUT2D eigenvalue weighted by Crippen LogP contribution is 2.20. The van der Waals surface area contributed by atoms with Crippen LogP contribution in [0.1, 0.15) is 52.4 Å². The lowest BCUT2D eigenvalue weighted by Crippen LogP contribution is -2.25. The molecule has 1 fully saturated rings. The van der Waals surface area contributed by atoms with E-state index in [1.807, 2.05) is 0 Å². The van der Waals surface area contributed by atoms with Gasteiger partial charge in [0, 0.05) is 12.8 Å². The van der Waals surface area contributed by atoms with Gasteiger partial charge in [-0.15, -0.1) is 0 Å². The molecule has 0 radical (unpaired) electrons. The van der Waals surface area contributed by atoms with Crippen LogP contribution in [-0.2, 0) is 9.53 Å². The van der Waals surface area contributed by atoms with Crippen LogP contribution in [0, 0.1) is 0 Å². The molecule has 0 aromatic carbocycles. The van der Waals surface area contributed by atoms with Crippen LogP contribution in [0.3, 0.4) is 0 Å². The molecule has 2 nitrogen and oxygen atoms in total. The maximum atomic E-state index is 11.0. The summed E-state index contributed by atoms with van der Waals surface area (Å²) in [7, 11) is 0. The normalized spacial score (nSPS) is 21.8. The summed E-state index contributed by atoms with van der Waals surface area (Å²) in [6.07, 6.45) is 6.34. The van der Waals surface area contributed by atoms with E-state index in [-0.39, 0.29) is 0 Å². The van der Waals surface area contributed by atoms with Crippen LogP contribution in [0.15, 0.2) is 0 Å². The van der Waals surface area contributed by atoms with Gasteiger partial charge >= 0.3 is 0 Å². The lowest BCUT2D eigenvalue weighted by molar-refractivity contribution is -0.124. The molecule has 1 atom stereocenters. The third-order valence-electron chi connectivity index (χ3n) is 2.61. The zero-order valence-electron chi connectivity index (χ0n) is 8.71. The van der Waals surface area contributed by atoms with Crippen LogP contribution in [-0.4, -0.2) is 18.0 Å². The molecule has 0 aromatic heterocycles. The number of carbonyl (C=O) groups is 1. The molecule has 0 bridgehead atoms. The van der Waals surface area contributed by atoms with E-state index in [4.69, 9.17) is 4.74 Å². The second-order valence-electron chi connectivity index (χ2n) is 3.97. The van der Waals surface area contributed by atoms with Gasteiger partial charge in [-0.1, -0.05) is 13.3 Å². The summed E-state index contributed by atoms with van der Waals surface area (Å²) in [5.41, 5.74) is 0. The largest absolute Gasteiger partial charge is 0.375 e. The first kappa shape index (κ1) is 10.7. The van der Waals surface area contributed by atoms with E-state index >= 15 is 0 Å². The lowest BCUT2D eigenvalue weighted by Gasteiger charge is -2.25. The Balaban J connectivity index is 2.18. The predicted molar refractivity (Wildman–Crippen MR) is 52.7 cm³/mol. The topological polar surface area (TPSA) is 26.3 Å². The van der Waals surface area contributed by atoms with E-state index < -0.39 is 0 Å². The number of ketones is 1. The molecule has 1 rings (SSSR count). The number of rotatable bonds is 4. The van der Waals surface area contributed by atoms with Crippen molar-refractivity contribution in [2.24, 2.45) is 0 Å². The number of hydrogen-bond acceptors (Lipinski definition) is 2. The third-order valence-corrected chi connectivity index (χ3v) is 2.61. The highest BCUT2D eigenvalue weighted by Gasteiger charge is 2.20. The Bertz CT molecular complexity index is 155. The van der Waals surface area contributed by atoms with Crippen molar-refractivity contribution in [1.29, 1.82) is 0 Å². The molecular weight excluding hydrogens is 164 g/mol. The molecule has 0 heterocycles. The Labute approximate surface area is 80.7 Å². The minimum absolute atomic E-state index is 0.347. The van der Waals surface area contributed by atoms with Crippen molar-refractivity contribution in [3.63, 3.8) is 0 Å². The molecule has 1 aliphatic carbocycles. The van der Waals surface area contributed by atoms with Crippen molar-refractivity contribution in [2.45, 2.75) is 64.6 Å². The monoisotopic (exact) mass is 184 g/mol. The summed E-state index contributed by atoms with van der Waals surface area (Å²) in [5, 5.41) is 0. The Morgan fingerprint density at radius 1 is 1.46 bits per heavy atom. The quantitative estimate of drug-likeness (QED) is 0.671. The Morgan fingerprint density at radius 3 is 2.62 bits per heavy atom. The number of hydrogen-bond donors (Lipinski definition) is 0. The summed E-state index contributed by atoms with van der Waals surface area (Å²) >= 11 is 0. The van der Waals surface area contributed by atoms with Gasteiger partial charge in [0.05, 0.1) is 12.2 Å². The van der Waals surface area contributed by atoms with Gasteiger partial charge in [0.25, 0.3) is 0 Å². The van der Waals surface area contributed by atoms with E-state index in [0.29, 0.717) is 18.0 Å². The summed E-state index contributed by atoms with van der Waals surface area (Å²) in [5.74, 6) is 0.406. The van der Waals surface area contributed by atoms with Crippen molar-refractivity contribution in [2.75, 3.05) is 0 Å². The average molecular weight is 184 g/mol. The number of Topliss-reactive ketones (excluding diaryl/α,β-unsaturated/α-hetero) is 1. The number of carbonyl (C=O) groups excluding carboxylic acids is 1. The van der Waals surface area contributed by atoms with Crippen LogP contribution in [0.25, 0.3) is 0 Å². The van der Waals surface area contributed by atoms with E-state index in [1.54, 1.807) is 0 Å². The molecule has 0 saturated heterocycles. The fraction of sp³-hybridized carbons (Fsp3) is 0.909. The van der Waals surface area contributed by atoms with Gasteiger partial charge in [0.15, 0.2) is 0 Å². The lowest BCUT2D eigenvalue weighted by atomic mass is 9.96. The van der Waals surface area contributed by atoms with E-state index in [0.717, 1.165) is 32.1 Å². The van der Waals surface area contributed by atoms with Crippen molar-refractivity contribution < 1.29 is 9.53 Å². The summed E-state index contributed by atoms with van der Waals surface area (Å²) in [6.45, 7) is 4.30. The molecule has 0 aromatic rings. The predicted octanol–water partition coefficient (Wildman–Crippen LogP) is 2.70. The van der Waals surface area contributed by atoms with E-state index in [1.165, 1.54) is 6.42 Å². The van der Waals surface area contributed by atoms with Crippen LogP contribution in [0.5, 0.6) is 0 Å². The molecule has 2 heteroatoms. The van der Waals surface area contributed by atoms with Gasteiger partial charge in [-0.25, -0.2) is 0 Å². The SMILES string of the molecule is CCCC(C)OC1CCC(=O)CC1. The molecular formula is C11H20O2. The van der Waals surface area contributed by atoms with E-state index in [2.05, 4.69) is 13.8 Å². The van der Waals surface area contributed by atoms with Gasteiger partial charge in [-0.05, 0) is 26.2 Å². The van der Waals surface area contributed by atoms with Gasteiger partial charge in [0.1, 0.15) is 5.78 Å². The maximum Gasteiger partial charge on any atom is 0.133 e. The van der Waals surface area contributed by atoms with Crippen molar-refractivity contribution in [1.82, 2.24) is 0 Å². The number of ether oxygens (including phenoxy) is 1. The smallest absolute Gasteiger partial charge is 0.133 e. The third kappa shape index (κ3) is 3.90. The molecule has 1 aliphatic rings.